The average Bonchev–Trinajstić information content (AvgIpc) is 2.45. The van der Waals surface area contributed by atoms with Crippen LogP contribution in [-0.4, -0.2) is 11.6 Å². The molecule has 4 nitrogen and oxygen atoms in total. The van der Waals surface area contributed by atoms with Crippen LogP contribution >= 0.6 is 0 Å². The van der Waals surface area contributed by atoms with Gasteiger partial charge >= 0.3 is 0 Å². The SMILES string of the molecule is CCCOc1cc(-c2cc(C)[nH]c(=O)c2C#N)ccc1C. The minimum atomic E-state index is -0.357. The maximum atomic E-state index is 11.9. The van der Waals surface area contributed by atoms with Gasteiger partial charge in [0.1, 0.15) is 17.4 Å². The van der Waals surface area contributed by atoms with Crippen molar-refractivity contribution >= 4 is 0 Å². The van der Waals surface area contributed by atoms with Crippen molar-refractivity contribution in [3.8, 4) is 22.9 Å². The summed E-state index contributed by atoms with van der Waals surface area (Å²) in [4.78, 5) is 14.5. The summed E-state index contributed by atoms with van der Waals surface area (Å²) in [5, 5.41) is 9.22. The molecular weight excluding hydrogens is 264 g/mol. The molecule has 0 aliphatic rings. The predicted octanol–water partition coefficient (Wildman–Crippen LogP) is 3.32. The molecule has 0 spiro atoms. The highest BCUT2D eigenvalue weighted by Crippen LogP contribution is 2.28. The number of ether oxygens (including phenoxy) is 1. The Hall–Kier alpha value is -2.54. The van der Waals surface area contributed by atoms with E-state index in [1.54, 1.807) is 6.92 Å². The number of benzene rings is 1. The van der Waals surface area contributed by atoms with Gasteiger partial charge in [-0.3, -0.25) is 4.79 Å². The number of hydrogen-bond acceptors (Lipinski definition) is 3. The largest absolute Gasteiger partial charge is 0.493 e. The van der Waals surface area contributed by atoms with E-state index in [4.69, 9.17) is 4.74 Å². The van der Waals surface area contributed by atoms with Crippen LogP contribution in [0.3, 0.4) is 0 Å². The quantitative estimate of drug-likeness (QED) is 0.935. The molecule has 0 radical (unpaired) electrons. The molecule has 0 saturated heterocycles. The van der Waals surface area contributed by atoms with E-state index < -0.39 is 0 Å². The van der Waals surface area contributed by atoms with Crippen molar-refractivity contribution in [1.29, 1.82) is 5.26 Å². The molecule has 21 heavy (non-hydrogen) atoms. The number of pyridine rings is 1. The summed E-state index contributed by atoms with van der Waals surface area (Å²) >= 11 is 0. The normalized spacial score (nSPS) is 10.2. The third-order valence-corrected chi connectivity index (χ3v) is 3.24. The zero-order valence-corrected chi connectivity index (χ0v) is 12.5. The van der Waals surface area contributed by atoms with Crippen LogP contribution in [0, 0.1) is 25.2 Å². The number of hydrogen-bond donors (Lipinski definition) is 1. The highest BCUT2D eigenvalue weighted by Gasteiger charge is 2.12. The Morgan fingerprint density at radius 2 is 2.05 bits per heavy atom. The average molecular weight is 282 g/mol. The molecular formula is C17H18N2O2. The smallest absolute Gasteiger partial charge is 0.266 e. The molecule has 0 saturated carbocycles. The molecule has 1 heterocycles. The van der Waals surface area contributed by atoms with E-state index in [1.807, 2.05) is 44.2 Å². The van der Waals surface area contributed by atoms with E-state index in [-0.39, 0.29) is 11.1 Å². The van der Waals surface area contributed by atoms with Crippen molar-refractivity contribution in [2.45, 2.75) is 27.2 Å². The second kappa shape index (κ2) is 6.27. The first-order chi connectivity index (χ1) is 10.1. The van der Waals surface area contributed by atoms with Crippen LogP contribution in [0.5, 0.6) is 5.75 Å². The number of nitriles is 1. The lowest BCUT2D eigenvalue weighted by Gasteiger charge is -2.11. The van der Waals surface area contributed by atoms with E-state index in [0.29, 0.717) is 12.2 Å². The summed E-state index contributed by atoms with van der Waals surface area (Å²) in [5.74, 6) is 0.788. The number of rotatable bonds is 4. The van der Waals surface area contributed by atoms with Gasteiger partial charge in [0, 0.05) is 11.3 Å². The summed E-state index contributed by atoms with van der Waals surface area (Å²) in [6.07, 6.45) is 0.928. The summed E-state index contributed by atoms with van der Waals surface area (Å²) < 4.78 is 5.71. The van der Waals surface area contributed by atoms with Crippen molar-refractivity contribution in [3.63, 3.8) is 0 Å². The monoisotopic (exact) mass is 282 g/mol. The molecule has 0 unspecified atom stereocenters. The predicted molar refractivity (Wildman–Crippen MR) is 82.5 cm³/mol. The molecule has 0 aliphatic carbocycles. The maximum absolute atomic E-state index is 11.9. The van der Waals surface area contributed by atoms with Crippen LogP contribution < -0.4 is 10.3 Å². The molecule has 0 bridgehead atoms. The standard InChI is InChI=1S/C17H18N2O2/c1-4-7-21-16-9-13(6-5-11(16)2)14-8-12(3)19-17(20)15(14)10-18/h5-6,8-9H,4,7H2,1-3H3,(H,19,20). The van der Waals surface area contributed by atoms with E-state index in [0.717, 1.165) is 29.0 Å². The number of nitrogens with one attached hydrogen (secondary N) is 1. The lowest BCUT2D eigenvalue weighted by Crippen LogP contribution is -2.12. The fourth-order valence-electron chi connectivity index (χ4n) is 2.16. The summed E-state index contributed by atoms with van der Waals surface area (Å²) in [7, 11) is 0. The third-order valence-electron chi connectivity index (χ3n) is 3.24. The molecule has 1 N–H and O–H groups in total. The highest BCUT2D eigenvalue weighted by atomic mass is 16.5. The minimum Gasteiger partial charge on any atom is -0.493 e. The van der Waals surface area contributed by atoms with Crippen LogP contribution in [-0.2, 0) is 0 Å². The van der Waals surface area contributed by atoms with E-state index in [1.165, 1.54) is 0 Å². The second-order valence-corrected chi connectivity index (χ2v) is 5.01. The van der Waals surface area contributed by atoms with Gasteiger partial charge < -0.3 is 9.72 Å². The van der Waals surface area contributed by atoms with Gasteiger partial charge in [-0.1, -0.05) is 19.1 Å². The van der Waals surface area contributed by atoms with Crippen LogP contribution in [0.1, 0.15) is 30.2 Å². The fraction of sp³-hybridized carbons (Fsp3) is 0.294. The Kier molecular flexibility index (Phi) is 4.44. The second-order valence-electron chi connectivity index (χ2n) is 5.01. The number of aromatic amines is 1. The van der Waals surface area contributed by atoms with Gasteiger partial charge in [-0.15, -0.1) is 0 Å². The fourth-order valence-corrected chi connectivity index (χ4v) is 2.16. The van der Waals surface area contributed by atoms with Crippen LogP contribution in [0.25, 0.3) is 11.1 Å². The highest BCUT2D eigenvalue weighted by molar-refractivity contribution is 5.72. The van der Waals surface area contributed by atoms with Crippen LogP contribution in [0.15, 0.2) is 29.1 Å². The van der Waals surface area contributed by atoms with Crippen molar-refractivity contribution in [1.82, 2.24) is 4.98 Å². The van der Waals surface area contributed by atoms with Gasteiger partial charge in [-0.05, 0) is 43.5 Å². The lowest BCUT2D eigenvalue weighted by atomic mass is 9.99. The summed E-state index contributed by atoms with van der Waals surface area (Å²) in [6.45, 7) is 6.47. The van der Waals surface area contributed by atoms with Crippen molar-refractivity contribution in [2.75, 3.05) is 6.61 Å². The molecule has 2 aromatic rings. The number of aryl methyl sites for hydroxylation is 2. The first-order valence-corrected chi connectivity index (χ1v) is 6.94. The minimum absolute atomic E-state index is 0.130. The molecule has 0 fully saturated rings. The molecule has 1 aromatic carbocycles. The molecule has 0 atom stereocenters. The van der Waals surface area contributed by atoms with E-state index in [2.05, 4.69) is 4.98 Å². The Morgan fingerprint density at radius 1 is 1.29 bits per heavy atom. The first kappa shape index (κ1) is 14.9. The number of nitrogens with zero attached hydrogens (tertiary/aromatic N) is 1. The van der Waals surface area contributed by atoms with Crippen LogP contribution in [0.2, 0.25) is 0 Å². The zero-order chi connectivity index (χ0) is 15.4. The molecule has 2 rings (SSSR count). The molecule has 0 aliphatic heterocycles. The van der Waals surface area contributed by atoms with E-state index >= 15 is 0 Å². The topological polar surface area (TPSA) is 65.9 Å². The van der Waals surface area contributed by atoms with Crippen molar-refractivity contribution < 1.29 is 4.74 Å². The van der Waals surface area contributed by atoms with Crippen molar-refractivity contribution in [2.24, 2.45) is 0 Å². The Labute approximate surface area is 124 Å². The molecule has 4 heteroatoms. The molecule has 108 valence electrons. The first-order valence-electron chi connectivity index (χ1n) is 6.94. The summed E-state index contributed by atoms with van der Waals surface area (Å²) in [5.41, 5.74) is 2.99. The van der Waals surface area contributed by atoms with Gasteiger partial charge in [0.2, 0.25) is 0 Å². The number of H-pyrrole nitrogens is 1. The molecule has 1 aromatic heterocycles. The van der Waals surface area contributed by atoms with E-state index in [9.17, 15) is 10.1 Å². The van der Waals surface area contributed by atoms with Crippen LogP contribution in [0.4, 0.5) is 0 Å². The van der Waals surface area contributed by atoms with Gasteiger partial charge in [-0.2, -0.15) is 5.26 Å². The number of aromatic nitrogens is 1. The Bertz CT molecular complexity index is 754. The van der Waals surface area contributed by atoms with Gasteiger partial charge in [-0.25, -0.2) is 0 Å². The zero-order valence-electron chi connectivity index (χ0n) is 12.5. The Morgan fingerprint density at radius 3 is 2.71 bits per heavy atom. The van der Waals surface area contributed by atoms with Gasteiger partial charge in [0.25, 0.3) is 5.56 Å². The third kappa shape index (κ3) is 3.14. The van der Waals surface area contributed by atoms with Gasteiger partial charge in [0.15, 0.2) is 0 Å². The lowest BCUT2D eigenvalue weighted by molar-refractivity contribution is 0.315. The maximum Gasteiger partial charge on any atom is 0.266 e. The molecule has 0 amide bonds. The van der Waals surface area contributed by atoms with Crippen molar-refractivity contribution in [3.05, 3.63) is 51.4 Å². The van der Waals surface area contributed by atoms with Gasteiger partial charge in [0.05, 0.1) is 6.61 Å². The Balaban J connectivity index is 2.57. The summed E-state index contributed by atoms with van der Waals surface area (Å²) in [6, 6.07) is 9.53.